The Hall–Kier alpha value is -2.05. The molecular weight excluding hydrogens is 362 g/mol. The minimum absolute atomic E-state index is 0.106. The fourth-order valence-corrected chi connectivity index (χ4v) is 3.16. The van der Waals surface area contributed by atoms with Crippen molar-refractivity contribution in [3.8, 4) is 0 Å². The summed E-state index contributed by atoms with van der Waals surface area (Å²) in [6.45, 7) is 4.46. The zero-order valence-electron chi connectivity index (χ0n) is 14.0. The van der Waals surface area contributed by atoms with Crippen LogP contribution >= 0.6 is 11.6 Å². The van der Waals surface area contributed by atoms with E-state index in [4.69, 9.17) is 16.3 Å². The average molecular weight is 382 g/mol. The number of hydrogen-bond acceptors (Lipinski definition) is 4. The zero-order chi connectivity index (χ0) is 18.4. The van der Waals surface area contributed by atoms with Gasteiger partial charge in [-0.2, -0.15) is 0 Å². The van der Waals surface area contributed by atoms with Crippen LogP contribution in [0.2, 0.25) is 5.02 Å². The van der Waals surface area contributed by atoms with Gasteiger partial charge in [0.05, 0.1) is 17.1 Å². The maximum Gasteiger partial charge on any atom is 0.338 e. The number of carbonyl (C=O) groups is 1. The van der Waals surface area contributed by atoms with Crippen LogP contribution in [-0.4, -0.2) is 21.0 Å². The second-order valence-electron chi connectivity index (χ2n) is 5.96. The highest BCUT2D eigenvalue weighted by molar-refractivity contribution is 7.92. The van der Waals surface area contributed by atoms with Crippen LogP contribution < -0.4 is 4.72 Å². The molecule has 0 radical (unpaired) electrons. The van der Waals surface area contributed by atoms with Crippen molar-refractivity contribution in [3.05, 3.63) is 59.1 Å². The lowest BCUT2D eigenvalue weighted by atomic mass is 10.1. The van der Waals surface area contributed by atoms with Crippen molar-refractivity contribution in [2.24, 2.45) is 5.92 Å². The summed E-state index contributed by atoms with van der Waals surface area (Å²) in [5.41, 5.74) is 0.729. The molecule has 0 fully saturated rings. The summed E-state index contributed by atoms with van der Waals surface area (Å²) in [6.07, 6.45) is 0.796. The van der Waals surface area contributed by atoms with Gasteiger partial charge in [0.25, 0.3) is 10.0 Å². The van der Waals surface area contributed by atoms with E-state index < -0.39 is 16.0 Å². The topological polar surface area (TPSA) is 72.5 Å². The van der Waals surface area contributed by atoms with Gasteiger partial charge in [-0.05, 0) is 60.9 Å². The van der Waals surface area contributed by atoms with Gasteiger partial charge in [0, 0.05) is 10.7 Å². The molecule has 2 aromatic rings. The standard InChI is InChI=1S/C18H20ClNO4S/c1-13(2)11-12-24-18(21)14-3-7-16(8-4-14)20-25(22,23)17-9-5-15(19)6-10-17/h3-10,13,20H,11-12H2,1-2H3. The highest BCUT2D eigenvalue weighted by Crippen LogP contribution is 2.19. The first-order valence-electron chi connectivity index (χ1n) is 7.83. The number of rotatable bonds is 7. The quantitative estimate of drug-likeness (QED) is 0.724. The van der Waals surface area contributed by atoms with E-state index in [0.29, 0.717) is 28.8 Å². The molecule has 0 unspecified atom stereocenters. The third-order valence-electron chi connectivity index (χ3n) is 3.43. The molecule has 25 heavy (non-hydrogen) atoms. The normalized spacial score (nSPS) is 11.4. The summed E-state index contributed by atoms with van der Waals surface area (Å²) in [5, 5.41) is 0.458. The number of nitrogens with one attached hydrogen (secondary N) is 1. The molecule has 0 aliphatic carbocycles. The van der Waals surface area contributed by atoms with E-state index in [-0.39, 0.29) is 4.90 Å². The van der Waals surface area contributed by atoms with E-state index in [1.807, 2.05) is 0 Å². The van der Waals surface area contributed by atoms with E-state index in [1.54, 1.807) is 0 Å². The molecule has 2 rings (SSSR count). The molecule has 5 nitrogen and oxygen atoms in total. The van der Waals surface area contributed by atoms with Crippen molar-refractivity contribution in [3.63, 3.8) is 0 Å². The van der Waals surface area contributed by atoms with Gasteiger partial charge in [-0.25, -0.2) is 13.2 Å². The molecule has 0 spiro atoms. The molecule has 0 amide bonds. The first kappa shape index (κ1) is 19.3. The van der Waals surface area contributed by atoms with Crippen molar-refractivity contribution in [2.75, 3.05) is 11.3 Å². The van der Waals surface area contributed by atoms with Gasteiger partial charge < -0.3 is 4.74 Å². The largest absolute Gasteiger partial charge is 0.462 e. The Morgan fingerprint density at radius 1 is 1.08 bits per heavy atom. The lowest BCUT2D eigenvalue weighted by Gasteiger charge is -2.09. The molecule has 0 bridgehead atoms. The average Bonchev–Trinajstić information content (AvgIpc) is 2.55. The summed E-state index contributed by atoms with van der Waals surface area (Å²) >= 11 is 5.76. The second-order valence-corrected chi connectivity index (χ2v) is 8.07. The van der Waals surface area contributed by atoms with Crippen molar-refractivity contribution < 1.29 is 17.9 Å². The molecule has 0 saturated carbocycles. The van der Waals surface area contributed by atoms with E-state index >= 15 is 0 Å². The summed E-state index contributed by atoms with van der Waals surface area (Å²) in [4.78, 5) is 12.0. The summed E-state index contributed by atoms with van der Waals surface area (Å²) in [5.74, 6) is 0.0326. The van der Waals surface area contributed by atoms with Gasteiger partial charge in [0.15, 0.2) is 0 Å². The van der Waals surface area contributed by atoms with Crippen LogP contribution in [-0.2, 0) is 14.8 Å². The Balaban J connectivity index is 2.02. The van der Waals surface area contributed by atoms with E-state index in [2.05, 4.69) is 18.6 Å². The molecule has 0 aliphatic rings. The molecule has 1 N–H and O–H groups in total. The Kier molecular flexibility index (Phi) is 6.45. The van der Waals surface area contributed by atoms with Crippen LogP contribution in [0, 0.1) is 5.92 Å². The van der Waals surface area contributed by atoms with Crippen molar-refractivity contribution in [2.45, 2.75) is 25.2 Å². The SMILES string of the molecule is CC(C)CCOC(=O)c1ccc(NS(=O)(=O)c2ccc(Cl)cc2)cc1. The lowest BCUT2D eigenvalue weighted by molar-refractivity contribution is 0.0488. The minimum Gasteiger partial charge on any atom is -0.462 e. The maximum absolute atomic E-state index is 12.3. The van der Waals surface area contributed by atoms with E-state index in [9.17, 15) is 13.2 Å². The zero-order valence-corrected chi connectivity index (χ0v) is 15.6. The van der Waals surface area contributed by atoms with Gasteiger partial charge in [-0.1, -0.05) is 25.4 Å². The molecule has 0 aromatic heterocycles. The minimum atomic E-state index is -3.71. The van der Waals surface area contributed by atoms with Gasteiger partial charge in [0.2, 0.25) is 0 Å². The lowest BCUT2D eigenvalue weighted by Crippen LogP contribution is -2.13. The number of anilines is 1. The Morgan fingerprint density at radius 2 is 1.68 bits per heavy atom. The summed E-state index contributed by atoms with van der Waals surface area (Å²) < 4.78 is 32.2. The number of benzene rings is 2. The number of ether oxygens (including phenoxy) is 1. The highest BCUT2D eigenvalue weighted by atomic mass is 35.5. The fraction of sp³-hybridized carbons (Fsp3) is 0.278. The second kappa shape index (κ2) is 8.36. The Morgan fingerprint density at radius 3 is 2.24 bits per heavy atom. The first-order chi connectivity index (χ1) is 11.8. The number of sulfonamides is 1. The van der Waals surface area contributed by atoms with Crippen LogP contribution in [0.1, 0.15) is 30.6 Å². The molecule has 134 valence electrons. The van der Waals surface area contributed by atoms with E-state index in [1.165, 1.54) is 48.5 Å². The van der Waals surface area contributed by atoms with Crippen molar-refractivity contribution in [1.29, 1.82) is 0 Å². The van der Waals surface area contributed by atoms with Crippen LogP contribution in [0.3, 0.4) is 0 Å². The van der Waals surface area contributed by atoms with Gasteiger partial charge in [-0.3, -0.25) is 4.72 Å². The molecule has 0 saturated heterocycles. The van der Waals surface area contributed by atoms with Crippen LogP contribution in [0.4, 0.5) is 5.69 Å². The van der Waals surface area contributed by atoms with Crippen LogP contribution in [0.5, 0.6) is 0 Å². The maximum atomic E-state index is 12.3. The number of hydrogen-bond donors (Lipinski definition) is 1. The van der Waals surface area contributed by atoms with Gasteiger partial charge >= 0.3 is 5.97 Å². The third kappa shape index (κ3) is 5.76. The third-order valence-corrected chi connectivity index (χ3v) is 5.07. The number of carbonyl (C=O) groups excluding carboxylic acids is 1. The van der Waals surface area contributed by atoms with Crippen LogP contribution in [0.25, 0.3) is 0 Å². The molecule has 0 atom stereocenters. The first-order valence-corrected chi connectivity index (χ1v) is 9.69. The highest BCUT2D eigenvalue weighted by Gasteiger charge is 2.14. The van der Waals surface area contributed by atoms with Crippen LogP contribution in [0.15, 0.2) is 53.4 Å². The van der Waals surface area contributed by atoms with Crippen molar-refractivity contribution in [1.82, 2.24) is 0 Å². The van der Waals surface area contributed by atoms with E-state index in [0.717, 1.165) is 6.42 Å². The molecule has 7 heteroatoms. The molecule has 2 aromatic carbocycles. The summed E-state index contributed by atoms with van der Waals surface area (Å²) in [7, 11) is -3.71. The van der Waals surface area contributed by atoms with Gasteiger partial charge in [-0.15, -0.1) is 0 Å². The number of esters is 1. The van der Waals surface area contributed by atoms with Gasteiger partial charge in [0.1, 0.15) is 0 Å². The Labute approximate surface area is 153 Å². The van der Waals surface area contributed by atoms with Crippen molar-refractivity contribution >= 4 is 33.3 Å². The monoisotopic (exact) mass is 381 g/mol. The smallest absolute Gasteiger partial charge is 0.338 e. The Bertz CT molecular complexity index is 815. The summed E-state index contributed by atoms with van der Waals surface area (Å²) in [6, 6.07) is 11.9. The molecule has 0 heterocycles. The molecular formula is C18H20ClNO4S. The number of halogens is 1. The molecule has 0 aliphatic heterocycles. The predicted molar refractivity (Wildman–Crippen MR) is 98.4 cm³/mol. The predicted octanol–water partition coefficient (Wildman–Crippen LogP) is 4.34. The fourth-order valence-electron chi connectivity index (χ4n) is 1.97.